The Morgan fingerprint density at radius 2 is 2.06 bits per heavy atom. The molecule has 2 heteroatoms. The standard InChI is InChI=1S/C15H20N2/c1-11-6-5-9-13-15(11)17-14(16-13)10-12-7-3-2-4-8-12/h5-6,9,12H,2-4,7-8,10H2,1H3,(H,16,17). The number of benzene rings is 1. The van der Waals surface area contributed by atoms with Crippen molar-refractivity contribution in [1.29, 1.82) is 0 Å². The summed E-state index contributed by atoms with van der Waals surface area (Å²) in [5.41, 5.74) is 3.61. The van der Waals surface area contributed by atoms with Gasteiger partial charge in [0.15, 0.2) is 0 Å². The summed E-state index contributed by atoms with van der Waals surface area (Å²) in [6.45, 7) is 2.13. The van der Waals surface area contributed by atoms with Crippen LogP contribution < -0.4 is 0 Å². The van der Waals surface area contributed by atoms with Crippen LogP contribution in [0.15, 0.2) is 18.2 Å². The molecule has 0 saturated heterocycles. The lowest BCUT2D eigenvalue weighted by molar-refractivity contribution is 0.352. The van der Waals surface area contributed by atoms with Crippen molar-refractivity contribution in [2.24, 2.45) is 5.92 Å². The van der Waals surface area contributed by atoms with E-state index in [4.69, 9.17) is 4.98 Å². The third kappa shape index (κ3) is 2.21. The highest BCUT2D eigenvalue weighted by molar-refractivity contribution is 5.78. The van der Waals surface area contributed by atoms with Crippen LogP contribution in [0.4, 0.5) is 0 Å². The molecule has 1 aliphatic carbocycles. The van der Waals surface area contributed by atoms with Crippen molar-refractivity contribution in [3.8, 4) is 0 Å². The third-order valence-electron chi connectivity index (χ3n) is 3.97. The van der Waals surface area contributed by atoms with Crippen molar-refractivity contribution in [2.75, 3.05) is 0 Å². The lowest BCUT2D eigenvalue weighted by atomic mass is 9.87. The second-order valence-electron chi connectivity index (χ2n) is 5.36. The number of H-pyrrole nitrogens is 1. The molecule has 0 spiro atoms. The number of aromatic nitrogens is 2. The second-order valence-corrected chi connectivity index (χ2v) is 5.36. The van der Waals surface area contributed by atoms with E-state index in [1.165, 1.54) is 49.0 Å². The van der Waals surface area contributed by atoms with Crippen molar-refractivity contribution in [1.82, 2.24) is 9.97 Å². The zero-order chi connectivity index (χ0) is 11.7. The first-order valence-corrected chi connectivity index (χ1v) is 6.77. The van der Waals surface area contributed by atoms with Gasteiger partial charge < -0.3 is 4.98 Å². The molecule has 1 saturated carbocycles. The number of hydrogen-bond acceptors (Lipinski definition) is 1. The van der Waals surface area contributed by atoms with Crippen LogP contribution >= 0.6 is 0 Å². The fourth-order valence-electron chi connectivity index (χ4n) is 2.99. The van der Waals surface area contributed by atoms with Crippen LogP contribution in [0.3, 0.4) is 0 Å². The van der Waals surface area contributed by atoms with Gasteiger partial charge in [-0.2, -0.15) is 0 Å². The Hall–Kier alpha value is -1.31. The van der Waals surface area contributed by atoms with E-state index < -0.39 is 0 Å². The van der Waals surface area contributed by atoms with Crippen LogP contribution in [-0.4, -0.2) is 9.97 Å². The van der Waals surface area contributed by atoms with Crippen LogP contribution in [0.2, 0.25) is 0 Å². The largest absolute Gasteiger partial charge is 0.342 e. The summed E-state index contributed by atoms with van der Waals surface area (Å²) in [7, 11) is 0. The van der Waals surface area contributed by atoms with Crippen molar-refractivity contribution >= 4 is 11.0 Å². The molecule has 90 valence electrons. The molecule has 3 rings (SSSR count). The average molecular weight is 228 g/mol. The highest BCUT2D eigenvalue weighted by Gasteiger charge is 2.15. The zero-order valence-corrected chi connectivity index (χ0v) is 10.5. The average Bonchev–Trinajstić information content (AvgIpc) is 2.74. The minimum absolute atomic E-state index is 0.851. The first-order chi connectivity index (χ1) is 8.33. The number of nitrogens with zero attached hydrogens (tertiary/aromatic N) is 1. The van der Waals surface area contributed by atoms with E-state index in [1.54, 1.807) is 0 Å². The summed E-state index contributed by atoms with van der Waals surface area (Å²) >= 11 is 0. The van der Waals surface area contributed by atoms with Gasteiger partial charge >= 0.3 is 0 Å². The van der Waals surface area contributed by atoms with Crippen molar-refractivity contribution in [3.63, 3.8) is 0 Å². The Kier molecular flexibility index (Phi) is 2.87. The van der Waals surface area contributed by atoms with Gasteiger partial charge in [0.1, 0.15) is 5.82 Å². The predicted molar refractivity (Wildman–Crippen MR) is 71.1 cm³/mol. The number of hydrogen-bond donors (Lipinski definition) is 1. The van der Waals surface area contributed by atoms with Crippen LogP contribution in [0.1, 0.15) is 43.5 Å². The summed E-state index contributed by atoms with van der Waals surface area (Å²) in [5.74, 6) is 2.03. The number of imidazole rings is 1. The summed E-state index contributed by atoms with van der Waals surface area (Å²) in [6, 6.07) is 6.35. The monoisotopic (exact) mass is 228 g/mol. The Morgan fingerprint density at radius 1 is 1.24 bits per heavy atom. The van der Waals surface area contributed by atoms with Gasteiger partial charge in [0.05, 0.1) is 11.0 Å². The van der Waals surface area contributed by atoms with Crippen LogP contribution in [-0.2, 0) is 6.42 Å². The Bertz CT molecular complexity index is 507. The van der Waals surface area contributed by atoms with Gasteiger partial charge in [-0.1, -0.05) is 44.2 Å². The minimum Gasteiger partial charge on any atom is -0.342 e. The van der Waals surface area contributed by atoms with Crippen LogP contribution in [0, 0.1) is 12.8 Å². The van der Waals surface area contributed by atoms with E-state index >= 15 is 0 Å². The number of aromatic amines is 1. The zero-order valence-electron chi connectivity index (χ0n) is 10.5. The molecule has 2 nitrogen and oxygen atoms in total. The van der Waals surface area contributed by atoms with E-state index in [0.29, 0.717) is 0 Å². The summed E-state index contributed by atoms with van der Waals surface area (Å²) in [5, 5.41) is 0. The van der Waals surface area contributed by atoms with E-state index in [9.17, 15) is 0 Å². The molecule has 0 bridgehead atoms. The highest BCUT2D eigenvalue weighted by atomic mass is 14.9. The minimum atomic E-state index is 0.851. The topological polar surface area (TPSA) is 28.7 Å². The highest BCUT2D eigenvalue weighted by Crippen LogP contribution is 2.27. The maximum Gasteiger partial charge on any atom is 0.107 e. The summed E-state index contributed by atoms with van der Waals surface area (Å²) in [4.78, 5) is 8.22. The molecule has 0 aliphatic heterocycles. The molecule has 1 fully saturated rings. The number of aryl methyl sites for hydroxylation is 1. The maximum absolute atomic E-state index is 4.75. The summed E-state index contributed by atoms with van der Waals surface area (Å²) in [6.07, 6.45) is 8.14. The number of para-hydroxylation sites is 1. The van der Waals surface area contributed by atoms with E-state index in [0.717, 1.165) is 17.9 Å². The second kappa shape index (κ2) is 4.52. The lowest BCUT2D eigenvalue weighted by Crippen LogP contribution is -2.10. The molecule has 1 N–H and O–H groups in total. The van der Waals surface area contributed by atoms with Gasteiger partial charge in [-0.05, 0) is 24.5 Å². The molecule has 0 radical (unpaired) electrons. The number of fused-ring (bicyclic) bond motifs is 1. The molecule has 1 heterocycles. The van der Waals surface area contributed by atoms with Gasteiger partial charge in [0.25, 0.3) is 0 Å². The number of rotatable bonds is 2. The van der Waals surface area contributed by atoms with E-state index in [-0.39, 0.29) is 0 Å². The Balaban J connectivity index is 1.83. The van der Waals surface area contributed by atoms with E-state index in [2.05, 4.69) is 30.1 Å². The molecule has 1 aliphatic rings. The van der Waals surface area contributed by atoms with Gasteiger partial charge in [0.2, 0.25) is 0 Å². The maximum atomic E-state index is 4.75. The third-order valence-corrected chi connectivity index (χ3v) is 3.97. The molecular formula is C15H20N2. The predicted octanol–water partition coefficient (Wildman–Crippen LogP) is 3.99. The van der Waals surface area contributed by atoms with Crippen molar-refractivity contribution < 1.29 is 0 Å². The molecule has 0 amide bonds. The summed E-state index contributed by atoms with van der Waals surface area (Å²) < 4.78 is 0. The van der Waals surface area contributed by atoms with Crippen molar-refractivity contribution in [2.45, 2.75) is 45.4 Å². The van der Waals surface area contributed by atoms with Crippen LogP contribution in [0.25, 0.3) is 11.0 Å². The number of nitrogens with one attached hydrogen (secondary N) is 1. The molecule has 2 aromatic rings. The fraction of sp³-hybridized carbons (Fsp3) is 0.533. The molecule has 17 heavy (non-hydrogen) atoms. The first-order valence-electron chi connectivity index (χ1n) is 6.77. The Labute approximate surface area is 102 Å². The lowest BCUT2D eigenvalue weighted by Gasteiger charge is -2.20. The quantitative estimate of drug-likeness (QED) is 0.827. The smallest absolute Gasteiger partial charge is 0.107 e. The van der Waals surface area contributed by atoms with Gasteiger partial charge in [-0.25, -0.2) is 4.98 Å². The molecule has 0 unspecified atom stereocenters. The molecular weight excluding hydrogens is 208 g/mol. The van der Waals surface area contributed by atoms with Crippen molar-refractivity contribution in [3.05, 3.63) is 29.6 Å². The molecule has 0 atom stereocenters. The fourth-order valence-corrected chi connectivity index (χ4v) is 2.99. The van der Waals surface area contributed by atoms with Gasteiger partial charge in [-0.15, -0.1) is 0 Å². The molecule has 1 aromatic heterocycles. The van der Waals surface area contributed by atoms with E-state index in [1.807, 2.05) is 0 Å². The normalized spacial score (nSPS) is 17.7. The molecule has 1 aromatic carbocycles. The Morgan fingerprint density at radius 3 is 2.82 bits per heavy atom. The van der Waals surface area contributed by atoms with Crippen LogP contribution in [0.5, 0.6) is 0 Å². The van der Waals surface area contributed by atoms with Gasteiger partial charge in [-0.3, -0.25) is 0 Å². The SMILES string of the molecule is Cc1cccc2[nH]c(CC3CCCCC3)nc12. The van der Waals surface area contributed by atoms with Gasteiger partial charge in [0, 0.05) is 6.42 Å². The first kappa shape index (κ1) is 10.8.